The molecule has 11 nitrogen and oxygen atoms in total. The van der Waals surface area contributed by atoms with Crippen LogP contribution in [0.15, 0.2) is 6.33 Å². The van der Waals surface area contributed by atoms with E-state index in [1.165, 1.54) is 23.7 Å². The van der Waals surface area contributed by atoms with Gasteiger partial charge in [-0.15, -0.1) is 0 Å². The molecule has 2 aliphatic rings. The highest BCUT2D eigenvalue weighted by atomic mass is 16.6. The third-order valence-electron chi connectivity index (χ3n) is 4.60. The fourth-order valence-corrected chi connectivity index (χ4v) is 2.96. The summed E-state index contributed by atoms with van der Waals surface area (Å²) >= 11 is 0. The molecular weight excluding hydrogens is 330 g/mol. The van der Waals surface area contributed by atoms with Crippen LogP contribution >= 0.6 is 0 Å². The summed E-state index contributed by atoms with van der Waals surface area (Å²) in [5.74, 6) is 6.83. The van der Waals surface area contributed by atoms with Crippen LogP contribution in [0.5, 0.6) is 0 Å². The van der Waals surface area contributed by atoms with E-state index in [4.69, 9.17) is 10.6 Å². The van der Waals surface area contributed by atoms with Crippen molar-refractivity contribution in [3.05, 3.63) is 6.33 Å². The van der Waals surface area contributed by atoms with Crippen molar-refractivity contribution in [1.82, 2.24) is 19.5 Å². The maximum Gasteiger partial charge on any atom is 0.241 e. The Morgan fingerprint density at radius 3 is 2.72 bits per heavy atom. The van der Waals surface area contributed by atoms with E-state index < -0.39 is 31.1 Å². The number of imidazole rings is 1. The first-order valence-corrected chi connectivity index (χ1v) is 8.20. The van der Waals surface area contributed by atoms with Gasteiger partial charge in [-0.25, -0.2) is 10.8 Å². The average Bonchev–Trinajstić information content (AvgIpc) is 3.30. The zero-order chi connectivity index (χ0) is 17.6. The van der Waals surface area contributed by atoms with Crippen LogP contribution in [0.25, 0.3) is 11.2 Å². The number of hydrogen-bond donors (Lipinski definition) is 6. The van der Waals surface area contributed by atoms with Crippen molar-refractivity contribution in [3.63, 3.8) is 0 Å². The number of aromatic nitrogens is 4. The Kier molecular flexibility index (Phi) is 4.17. The summed E-state index contributed by atoms with van der Waals surface area (Å²) in [5, 5.41) is 32.7. The van der Waals surface area contributed by atoms with Crippen molar-refractivity contribution in [2.45, 2.75) is 37.4 Å². The number of hydrazine groups is 1. The van der Waals surface area contributed by atoms with E-state index in [2.05, 4.69) is 25.7 Å². The molecule has 2 aromatic rings. The Morgan fingerprint density at radius 2 is 2.08 bits per heavy atom. The predicted octanol–water partition coefficient (Wildman–Crippen LogP) is -1.45. The zero-order valence-corrected chi connectivity index (χ0v) is 13.4. The predicted molar refractivity (Wildman–Crippen MR) is 87.4 cm³/mol. The van der Waals surface area contributed by atoms with E-state index in [9.17, 15) is 15.3 Å². The van der Waals surface area contributed by atoms with Gasteiger partial charge in [0.2, 0.25) is 5.95 Å². The molecule has 0 aromatic carbocycles. The number of aliphatic hydroxyl groups excluding tert-OH is 3. The lowest BCUT2D eigenvalue weighted by atomic mass is 10.1. The van der Waals surface area contributed by atoms with Gasteiger partial charge < -0.3 is 25.4 Å². The van der Waals surface area contributed by atoms with E-state index >= 15 is 0 Å². The molecule has 25 heavy (non-hydrogen) atoms. The molecule has 0 bridgehead atoms. The third kappa shape index (κ3) is 2.89. The number of nitrogens with two attached hydrogens (primary N) is 1. The number of hydrogen-bond acceptors (Lipinski definition) is 10. The number of nitrogens with zero attached hydrogens (tertiary/aromatic N) is 4. The molecule has 1 aliphatic carbocycles. The molecule has 136 valence electrons. The van der Waals surface area contributed by atoms with Crippen LogP contribution in [0.3, 0.4) is 0 Å². The van der Waals surface area contributed by atoms with Gasteiger partial charge in [-0.05, 0) is 18.8 Å². The number of fused-ring (bicyclic) bond motifs is 1. The van der Waals surface area contributed by atoms with Gasteiger partial charge in [0.25, 0.3) is 0 Å². The van der Waals surface area contributed by atoms with E-state index in [1.54, 1.807) is 0 Å². The summed E-state index contributed by atoms with van der Waals surface area (Å²) in [6.07, 6.45) is -0.369. The molecule has 3 heterocycles. The van der Waals surface area contributed by atoms with Crippen LogP contribution in [0.4, 0.5) is 11.8 Å². The molecule has 0 radical (unpaired) electrons. The lowest BCUT2D eigenvalue weighted by Crippen LogP contribution is -2.33. The smallest absolute Gasteiger partial charge is 0.241 e. The monoisotopic (exact) mass is 351 g/mol. The van der Waals surface area contributed by atoms with Gasteiger partial charge >= 0.3 is 0 Å². The summed E-state index contributed by atoms with van der Waals surface area (Å²) in [7, 11) is 0. The van der Waals surface area contributed by atoms with E-state index in [-0.39, 0.29) is 5.95 Å². The summed E-state index contributed by atoms with van der Waals surface area (Å²) in [5.41, 5.74) is 3.32. The lowest BCUT2D eigenvalue weighted by molar-refractivity contribution is -0.0511. The maximum absolute atomic E-state index is 10.2. The van der Waals surface area contributed by atoms with Crippen molar-refractivity contribution in [2.24, 2.45) is 11.8 Å². The van der Waals surface area contributed by atoms with Gasteiger partial charge in [-0.3, -0.25) is 9.99 Å². The fraction of sp³-hybridized carbons (Fsp3) is 0.643. The molecule has 0 unspecified atom stereocenters. The Labute approximate surface area is 142 Å². The second kappa shape index (κ2) is 6.35. The van der Waals surface area contributed by atoms with Gasteiger partial charge in [-0.2, -0.15) is 9.97 Å². The van der Waals surface area contributed by atoms with Gasteiger partial charge in [0.15, 0.2) is 23.2 Å². The van der Waals surface area contributed by atoms with Crippen LogP contribution < -0.4 is 16.6 Å². The Morgan fingerprint density at radius 1 is 1.28 bits per heavy atom. The Balaban J connectivity index is 1.71. The SMILES string of the molecule is NNc1nc(NCC2CC2)c2ncn([C@@H]3O[C@H](CO)[C@H](O)[C@H]3O)c2n1. The number of ether oxygens (including phenoxy) is 1. The number of nitrogens with one attached hydrogen (secondary N) is 2. The first-order chi connectivity index (χ1) is 12.1. The number of rotatable bonds is 6. The molecule has 2 aromatic heterocycles. The molecule has 7 N–H and O–H groups in total. The summed E-state index contributed by atoms with van der Waals surface area (Å²) < 4.78 is 7.05. The van der Waals surface area contributed by atoms with Gasteiger partial charge in [-0.1, -0.05) is 0 Å². The molecule has 1 aliphatic heterocycles. The molecular formula is C14H21N7O4. The molecule has 0 spiro atoms. The van der Waals surface area contributed by atoms with Gasteiger partial charge in [0.05, 0.1) is 12.9 Å². The first kappa shape index (κ1) is 16.4. The van der Waals surface area contributed by atoms with Gasteiger partial charge in [0.1, 0.15) is 18.3 Å². The van der Waals surface area contributed by atoms with Crippen LogP contribution in [0, 0.1) is 5.92 Å². The average molecular weight is 351 g/mol. The quantitative estimate of drug-likeness (QED) is 0.268. The van der Waals surface area contributed by atoms with Crippen LogP contribution in [0.1, 0.15) is 19.1 Å². The highest BCUT2D eigenvalue weighted by Gasteiger charge is 2.44. The minimum Gasteiger partial charge on any atom is -0.394 e. The largest absolute Gasteiger partial charge is 0.394 e. The molecule has 1 saturated carbocycles. The normalized spacial score (nSPS) is 29.3. The zero-order valence-electron chi connectivity index (χ0n) is 13.4. The van der Waals surface area contributed by atoms with Crippen molar-refractivity contribution < 1.29 is 20.1 Å². The minimum atomic E-state index is -1.22. The van der Waals surface area contributed by atoms with Crippen LogP contribution in [0.2, 0.25) is 0 Å². The van der Waals surface area contributed by atoms with Gasteiger partial charge in [0, 0.05) is 6.54 Å². The fourth-order valence-electron chi connectivity index (χ4n) is 2.96. The minimum absolute atomic E-state index is 0.194. The van der Waals surface area contributed by atoms with Crippen molar-refractivity contribution in [2.75, 3.05) is 23.9 Å². The summed E-state index contributed by atoms with van der Waals surface area (Å²) in [6, 6.07) is 0. The van der Waals surface area contributed by atoms with E-state index in [0.29, 0.717) is 22.9 Å². The van der Waals surface area contributed by atoms with E-state index in [0.717, 1.165) is 6.54 Å². The molecule has 11 heteroatoms. The molecule has 2 fully saturated rings. The Hall–Kier alpha value is -2.05. The first-order valence-electron chi connectivity index (χ1n) is 8.20. The lowest BCUT2D eigenvalue weighted by Gasteiger charge is -2.17. The maximum atomic E-state index is 10.2. The van der Waals surface area contributed by atoms with Crippen molar-refractivity contribution >= 4 is 22.9 Å². The molecule has 4 atom stereocenters. The summed E-state index contributed by atoms with van der Waals surface area (Å²) in [4.78, 5) is 12.9. The van der Waals surface area contributed by atoms with Crippen molar-refractivity contribution in [1.29, 1.82) is 0 Å². The topological polar surface area (TPSA) is 164 Å². The second-order valence-electron chi connectivity index (χ2n) is 6.42. The summed E-state index contributed by atoms with van der Waals surface area (Å²) in [6.45, 7) is 0.386. The molecule has 4 rings (SSSR count). The van der Waals surface area contributed by atoms with Crippen LogP contribution in [-0.2, 0) is 4.74 Å². The number of anilines is 2. The third-order valence-corrected chi connectivity index (χ3v) is 4.60. The number of nitrogen functional groups attached to an aromatic ring is 1. The van der Waals surface area contributed by atoms with Crippen LogP contribution in [-0.4, -0.2) is 66.3 Å². The van der Waals surface area contributed by atoms with Crippen molar-refractivity contribution in [3.8, 4) is 0 Å². The highest BCUT2D eigenvalue weighted by molar-refractivity contribution is 5.84. The number of aliphatic hydroxyl groups is 3. The standard InChI is InChI=1S/C14H21N7O4/c15-20-14-18-11(16-3-6-1-2-6)8-12(19-14)21(5-17-8)13-10(24)9(23)7(4-22)25-13/h5-7,9-10,13,22-24H,1-4,15H2,(H2,16,18,19,20)/t7-,9+,10-,13-/m1/s1. The second-order valence-corrected chi connectivity index (χ2v) is 6.42. The molecule has 1 saturated heterocycles. The molecule has 0 amide bonds. The highest BCUT2D eigenvalue weighted by Crippen LogP contribution is 2.33. The van der Waals surface area contributed by atoms with E-state index in [1.807, 2.05) is 0 Å². The Bertz CT molecular complexity index is 765.